The topological polar surface area (TPSA) is 53.9 Å². The minimum Gasteiger partial charge on any atom is -0.366 e. The van der Waals surface area contributed by atoms with Crippen LogP contribution in [-0.2, 0) is 6.18 Å². The summed E-state index contributed by atoms with van der Waals surface area (Å²) in [4.78, 5) is 14.4. The maximum atomic E-state index is 12.5. The number of alkyl halides is 3. The summed E-state index contributed by atoms with van der Waals surface area (Å²) in [5.74, 6) is 1.11. The smallest absolute Gasteiger partial charge is 0.366 e. The molecule has 5 nitrogen and oxygen atoms in total. The molecule has 0 aliphatic carbocycles. The monoisotopic (exact) mass is 323 g/mol. The standard InChI is InChI=1S/C15H16F3N5/c16-15(17,18)11-4-5-13(21-9-11)22-12-3-1-8-23(10-12)14-19-6-2-7-20-14/h2,4-7,9,12H,1,3,8,10H2,(H,21,22)/t12-/m0/s1. The number of nitrogens with one attached hydrogen (secondary N) is 1. The maximum absolute atomic E-state index is 12.5. The van der Waals surface area contributed by atoms with Crippen molar-refractivity contribution in [3.63, 3.8) is 0 Å². The van der Waals surface area contributed by atoms with Crippen LogP contribution in [-0.4, -0.2) is 34.1 Å². The average Bonchev–Trinajstić information content (AvgIpc) is 2.56. The van der Waals surface area contributed by atoms with Gasteiger partial charge in [0.25, 0.3) is 0 Å². The molecule has 1 N–H and O–H groups in total. The number of rotatable bonds is 3. The molecule has 0 bridgehead atoms. The van der Waals surface area contributed by atoms with E-state index in [1.54, 1.807) is 18.5 Å². The summed E-state index contributed by atoms with van der Waals surface area (Å²) in [5.41, 5.74) is -0.744. The van der Waals surface area contributed by atoms with Gasteiger partial charge in [0.15, 0.2) is 0 Å². The van der Waals surface area contributed by atoms with E-state index in [0.29, 0.717) is 18.3 Å². The van der Waals surface area contributed by atoms with Crippen molar-refractivity contribution in [2.75, 3.05) is 23.3 Å². The SMILES string of the molecule is FC(F)(F)c1ccc(N[C@H]2CCCN(c3ncccn3)C2)nc1. The van der Waals surface area contributed by atoms with Gasteiger partial charge in [-0.25, -0.2) is 15.0 Å². The Morgan fingerprint density at radius 3 is 2.57 bits per heavy atom. The highest BCUT2D eigenvalue weighted by molar-refractivity contribution is 5.39. The van der Waals surface area contributed by atoms with Crippen molar-refractivity contribution in [1.29, 1.82) is 0 Å². The third-order valence-electron chi connectivity index (χ3n) is 3.70. The Kier molecular flexibility index (Phi) is 4.31. The predicted molar refractivity (Wildman–Crippen MR) is 80.1 cm³/mol. The fraction of sp³-hybridized carbons (Fsp3) is 0.400. The van der Waals surface area contributed by atoms with Crippen molar-refractivity contribution in [3.8, 4) is 0 Å². The van der Waals surface area contributed by atoms with Crippen LogP contribution in [0.2, 0.25) is 0 Å². The fourth-order valence-corrected chi connectivity index (χ4v) is 2.59. The van der Waals surface area contributed by atoms with Crippen LogP contribution >= 0.6 is 0 Å². The van der Waals surface area contributed by atoms with Gasteiger partial charge >= 0.3 is 6.18 Å². The van der Waals surface area contributed by atoms with Crippen molar-refractivity contribution in [1.82, 2.24) is 15.0 Å². The molecule has 122 valence electrons. The van der Waals surface area contributed by atoms with Crippen molar-refractivity contribution < 1.29 is 13.2 Å². The zero-order chi connectivity index (χ0) is 16.3. The van der Waals surface area contributed by atoms with Gasteiger partial charge in [-0.3, -0.25) is 0 Å². The molecular formula is C15H16F3N5. The number of hydrogen-bond donors (Lipinski definition) is 1. The van der Waals surface area contributed by atoms with Gasteiger partial charge in [0.1, 0.15) is 5.82 Å². The lowest BCUT2D eigenvalue weighted by Crippen LogP contribution is -2.43. The summed E-state index contributed by atoms with van der Waals surface area (Å²) in [6, 6.07) is 4.25. The van der Waals surface area contributed by atoms with Gasteiger partial charge in [0, 0.05) is 37.7 Å². The van der Waals surface area contributed by atoms with Gasteiger partial charge in [0.05, 0.1) is 5.56 Å². The van der Waals surface area contributed by atoms with Crippen LogP contribution in [0, 0.1) is 0 Å². The van der Waals surface area contributed by atoms with Crippen LogP contribution in [0.25, 0.3) is 0 Å². The molecule has 8 heteroatoms. The molecule has 0 saturated carbocycles. The maximum Gasteiger partial charge on any atom is 0.417 e. The summed E-state index contributed by atoms with van der Waals surface area (Å²) in [7, 11) is 0. The van der Waals surface area contributed by atoms with E-state index in [1.165, 1.54) is 6.07 Å². The van der Waals surface area contributed by atoms with Crippen LogP contribution < -0.4 is 10.2 Å². The minimum absolute atomic E-state index is 0.0943. The molecule has 0 radical (unpaired) electrons. The normalized spacial score (nSPS) is 18.7. The van der Waals surface area contributed by atoms with E-state index < -0.39 is 11.7 Å². The first-order valence-corrected chi connectivity index (χ1v) is 7.34. The lowest BCUT2D eigenvalue weighted by Gasteiger charge is -2.33. The third-order valence-corrected chi connectivity index (χ3v) is 3.70. The first-order valence-electron chi connectivity index (χ1n) is 7.34. The number of anilines is 2. The van der Waals surface area contributed by atoms with Crippen molar-refractivity contribution in [2.45, 2.75) is 25.1 Å². The van der Waals surface area contributed by atoms with Crippen LogP contribution in [0.4, 0.5) is 24.9 Å². The Bertz CT molecular complexity index is 630. The lowest BCUT2D eigenvalue weighted by molar-refractivity contribution is -0.137. The van der Waals surface area contributed by atoms with Crippen molar-refractivity contribution in [3.05, 3.63) is 42.4 Å². The first kappa shape index (κ1) is 15.5. The Balaban J connectivity index is 1.64. The summed E-state index contributed by atoms with van der Waals surface area (Å²) < 4.78 is 37.6. The third kappa shape index (κ3) is 3.88. The molecule has 0 amide bonds. The Hall–Kier alpha value is -2.38. The van der Waals surface area contributed by atoms with E-state index in [2.05, 4.69) is 25.2 Å². The molecule has 1 aliphatic heterocycles. The predicted octanol–water partition coefficient (Wildman–Crippen LogP) is 2.97. The highest BCUT2D eigenvalue weighted by Gasteiger charge is 2.30. The van der Waals surface area contributed by atoms with Crippen molar-refractivity contribution in [2.24, 2.45) is 0 Å². The van der Waals surface area contributed by atoms with Gasteiger partial charge < -0.3 is 10.2 Å². The summed E-state index contributed by atoms with van der Waals surface area (Å²) in [6.45, 7) is 1.55. The average molecular weight is 323 g/mol. The van der Waals surface area contributed by atoms with Crippen LogP contribution in [0.3, 0.4) is 0 Å². The Morgan fingerprint density at radius 2 is 1.91 bits per heavy atom. The molecule has 0 spiro atoms. The summed E-state index contributed by atoms with van der Waals surface area (Å²) in [6.07, 6.45) is 1.75. The highest BCUT2D eigenvalue weighted by atomic mass is 19.4. The molecule has 23 heavy (non-hydrogen) atoms. The zero-order valence-corrected chi connectivity index (χ0v) is 12.3. The number of halogens is 3. The van der Waals surface area contributed by atoms with Gasteiger partial charge in [-0.15, -0.1) is 0 Å². The first-order chi connectivity index (χ1) is 11.0. The van der Waals surface area contributed by atoms with Crippen LogP contribution in [0.15, 0.2) is 36.8 Å². The number of pyridine rings is 1. The Labute approximate surface area is 131 Å². The molecule has 3 rings (SSSR count). The fourth-order valence-electron chi connectivity index (χ4n) is 2.59. The number of aromatic nitrogens is 3. The molecule has 2 aromatic heterocycles. The van der Waals surface area contributed by atoms with E-state index in [0.717, 1.165) is 31.6 Å². The second kappa shape index (κ2) is 6.39. The summed E-state index contributed by atoms with van der Waals surface area (Å²) >= 11 is 0. The molecule has 1 aliphatic rings. The van der Waals surface area contributed by atoms with Gasteiger partial charge in [-0.1, -0.05) is 0 Å². The number of nitrogens with zero attached hydrogens (tertiary/aromatic N) is 4. The molecule has 0 aromatic carbocycles. The van der Waals surface area contributed by atoms with Gasteiger partial charge in [-0.2, -0.15) is 13.2 Å². The van der Waals surface area contributed by atoms with E-state index in [4.69, 9.17) is 0 Å². The van der Waals surface area contributed by atoms with Crippen LogP contribution in [0.1, 0.15) is 18.4 Å². The lowest BCUT2D eigenvalue weighted by atomic mass is 10.1. The van der Waals surface area contributed by atoms with Crippen LogP contribution in [0.5, 0.6) is 0 Å². The van der Waals surface area contributed by atoms with Crippen molar-refractivity contribution >= 4 is 11.8 Å². The quantitative estimate of drug-likeness (QED) is 0.941. The molecular weight excluding hydrogens is 307 g/mol. The summed E-state index contributed by atoms with van der Waals surface area (Å²) in [5, 5.41) is 3.18. The van der Waals surface area contributed by atoms with Gasteiger partial charge in [-0.05, 0) is 31.0 Å². The van der Waals surface area contributed by atoms with E-state index in [9.17, 15) is 13.2 Å². The second-order valence-corrected chi connectivity index (χ2v) is 5.41. The van der Waals surface area contributed by atoms with E-state index in [1.807, 2.05) is 0 Å². The number of piperidine rings is 1. The zero-order valence-electron chi connectivity index (χ0n) is 12.3. The van der Waals surface area contributed by atoms with E-state index >= 15 is 0 Å². The molecule has 1 fully saturated rings. The van der Waals surface area contributed by atoms with E-state index in [-0.39, 0.29) is 6.04 Å². The largest absolute Gasteiger partial charge is 0.417 e. The molecule has 3 heterocycles. The highest BCUT2D eigenvalue weighted by Crippen LogP contribution is 2.29. The Morgan fingerprint density at radius 1 is 1.13 bits per heavy atom. The number of hydrogen-bond acceptors (Lipinski definition) is 5. The molecule has 0 unspecified atom stereocenters. The van der Waals surface area contributed by atoms with Gasteiger partial charge in [0.2, 0.25) is 5.95 Å². The second-order valence-electron chi connectivity index (χ2n) is 5.41. The molecule has 2 aromatic rings. The molecule has 1 saturated heterocycles. The molecule has 1 atom stereocenters. The minimum atomic E-state index is -4.36.